The first-order chi connectivity index (χ1) is 16.1. The van der Waals surface area contributed by atoms with E-state index in [0.717, 1.165) is 57.1 Å². The Morgan fingerprint density at radius 3 is 2.52 bits per heavy atom. The number of halogens is 2. The van der Waals surface area contributed by atoms with Crippen LogP contribution in [0.15, 0.2) is 42.6 Å². The Morgan fingerprint density at radius 1 is 1.09 bits per heavy atom. The van der Waals surface area contributed by atoms with Crippen LogP contribution < -0.4 is 9.64 Å². The molecular formula is C24H27Cl2N5O2. The minimum absolute atomic E-state index is 0.0429. The fraction of sp³-hybridized carbons (Fsp3) is 0.458. The number of anilines is 1. The van der Waals surface area contributed by atoms with Crippen LogP contribution in [0.25, 0.3) is 0 Å². The summed E-state index contributed by atoms with van der Waals surface area (Å²) in [4.78, 5) is 6.52. The molecule has 7 nitrogen and oxygen atoms in total. The number of nitrogens with zero attached hydrogens (tertiary/aromatic N) is 5. The Hall–Kier alpha value is -2.35. The number of benzene rings is 1. The molecule has 3 heterocycles. The van der Waals surface area contributed by atoms with Crippen LogP contribution in [0.5, 0.6) is 5.88 Å². The molecule has 0 amide bonds. The molecule has 0 unspecified atom stereocenters. The molecule has 33 heavy (non-hydrogen) atoms. The maximum Gasteiger partial charge on any atom is 0.232 e. The minimum Gasteiger partial charge on any atom is -0.473 e. The summed E-state index contributed by atoms with van der Waals surface area (Å²) in [5, 5.41) is 10.3. The second kappa shape index (κ2) is 9.49. The van der Waals surface area contributed by atoms with Crippen molar-refractivity contribution in [2.45, 2.75) is 43.7 Å². The molecule has 0 bridgehead atoms. The number of aromatic nitrogens is 4. The largest absolute Gasteiger partial charge is 0.473 e. The molecule has 1 aromatic carbocycles. The lowest BCUT2D eigenvalue weighted by Gasteiger charge is -2.33. The van der Waals surface area contributed by atoms with E-state index in [1.54, 1.807) is 19.4 Å². The van der Waals surface area contributed by atoms with Gasteiger partial charge in [-0.15, -0.1) is 10.2 Å². The highest BCUT2D eigenvalue weighted by Gasteiger charge is 2.50. The Kier molecular flexibility index (Phi) is 6.45. The normalized spacial score (nSPS) is 17.8. The molecule has 1 aliphatic carbocycles. The molecule has 2 aliphatic rings. The van der Waals surface area contributed by atoms with Crippen molar-refractivity contribution in [3.63, 3.8) is 0 Å². The quantitative estimate of drug-likeness (QED) is 0.456. The minimum atomic E-state index is -0.0430. The van der Waals surface area contributed by atoms with Crippen molar-refractivity contribution in [1.29, 1.82) is 0 Å². The summed E-state index contributed by atoms with van der Waals surface area (Å²) in [5.74, 6) is 2.38. The molecule has 1 aliphatic heterocycles. The van der Waals surface area contributed by atoms with Crippen molar-refractivity contribution in [3.05, 3.63) is 64.0 Å². The zero-order chi connectivity index (χ0) is 22.8. The molecule has 2 aromatic heterocycles. The molecule has 0 spiro atoms. The van der Waals surface area contributed by atoms with E-state index in [1.807, 2.05) is 0 Å². The van der Waals surface area contributed by atoms with Crippen LogP contribution >= 0.6 is 23.2 Å². The summed E-state index contributed by atoms with van der Waals surface area (Å²) >= 11 is 12.2. The summed E-state index contributed by atoms with van der Waals surface area (Å²) < 4.78 is 13.7. The predicted molar refractivity (Wildman–Crippen MR) is 128 cm³/mol. The van der Waals surface area contributed by atoms with Crippen molar-refractivity contribution in [3.8, 4) is 5.88 Å². The third kappa shape index (κ3) is 4.54. The molecule has 9 heteroatoms. The van der Waals surface area contributed by atoms with Crippen LogP contribution in [-0.4, -0.2) is 52.7 Å². The maximum atomic E-state index is 6.23. The van der Waals surface area contributed by atoms with Gasteiger partial charge in [0.25, 0.3) is 0 Å². The van der Waals surface area contributed by atoms with Crippen molar-refractivity contribution in [1.82, 2.24) is 19.7 Å². The Bertz CT molecular complexity index is 1100. The van der Waals surface area contributed by atoms with Crippen LogP contribution in [0.2, 0.25) is 10.0 Å². The van der Waals surface area contributed by atoms with Gasteiger partial charge in [-0.05, 0) is 24.5 Å². The van der Waals surface area contributed by atoms with Crippen molar-refractivity contribution in [2.75, 3.05) is 31.7 Å². The Morgan fingerprint density at radius 2 is 1.85 bits per heavy atom. The van der Waals surface area contributed by atoms with Crippen molar-refractivity contribution in [2.24, 2.45) is 0 Å². The van der Waals surface area contributed by atoms with Gasteiger partial charge >= 0.3 is 0 Å². The van der Waals surface area contributed by atoms with Gasteiger partial charge in [0.15, 0.2) is 0 Å². The smallest absolute Gasteiger partial charge is 0.232 e. The molecule has 1 saturated carbocycles. The van der Waals surface area contributed by atoms with E-state index in [-0.39, 0.29) is 11.5 Å². The van der Waals surface area contributed by atoms with Crippen LogP contribution in [0.3, 0.4) is 0 Å². The third-order valence-electron chi connectivity index (χ3n) is 6.53. The number of hydrogen-bond acceptors (Lipinski definition) is 6. The van der Waals surface area contributed by atoms with E-state index < -0.39 is 0 Å². The summed E-state index contributed by atoms with van der Waals surface area (Å²) in [7, 11) is 1.73. The highest BCUT2D eigenvalue weighted by atomic mass is 35.5. The lowest BCUT2D eigenvalue weighted by molar-refractivity contribution is 0.162. The number of hydrogen-bond donors (Lipinski definition) is 0. The monoisotopic (exact) mass is 487 g/mol. The van der Waals surface area contributed by atoms with E-state index >= 15 is 0 Å². The number of pyridine rings is 1. The molecule has 3 aromatic rings. The topological polar surface area (TPSA) is 65.3 Å². The molecule has 5 rings (SSSR count). The number of ether oxygens (including phenoxy) is 2. The van der Waals surface area contributed by atoms with Gasteiger partial charge in [-0.3, -0.25) is 4.57 Å². The number of rotatable bonds is 8. The van der Waals surface area contributed by atoms with Crippen LogP contribution in [0.1, 0.15) is 37.1 Å². The van der Waals surface area contributed by atoms with Gasteiger partial charge in [0.2, 0.25) is 11.8 Å². The van der Waals surface area contributed by atoms with E-state index in [4.69, 9.17) is 37.8 Å². The Labute approximate surface area is 203 Å². The first kappa shape index (κ1) is 22.4. The zero-order valence-corrected chi connectivity index (χ0v) is 20.1. The van der Waals surface area contributed by atoms with Gasteiger partial charge in [-0.2, -0.15) is 0 Å². The Balaban J connectivity index is 1.33. The van der Waals surface area contributed by atoms with E-state index in [9.17, 15) is 0 Å². The second-order valence-electron chi connectivity index (χ2n) is 8.66. The van der Waals surface area contributed by atoms with Crippen molar-refractivity contribution >= 4 is 29.2 Å². The molecule has 0 radical (unpaired) electrons. The lowest BCUT2D eigenvalue weighted by Crippen LogP contribution is -2.40. The number of methoxy groups -OCH3 is 1. The van der Waals surface area contributed by atoms with Crippen molar-refractivity contribution < 1.29 is 9.47 Å². The van der Waals surface area contributed by atoms with Gasteiger partial charge in [0.1, 0.15) is 17.0 Å². The highest BCUT2D eigenvalue weighted by molar-refractivity contribution is 6.35. The summed E-state index contributed by atoms with van der Waals surface area (Å²) in [6.07, 6.45) is 5.47. The molecule has 0 atom stereocenters. The number of piperidine rings is 1. The lowest BCUT2D eigenvalue weighted by atomic mass is 9.95. The summed E-state index contributed by atoms with van der Waals surface area (Å²) in [5.41, 5.74) is 1.26. The SMILES string of the molecule is COCCn1c(N2CCC(Oc3ncc(Cl)cc3Cl)CC2)nnc1C1(c2ccccc2)CC1. The van der Waals surface area contributed by atoms with Crippen LogP contribution in [-0.2, 0) is 16.7 Å². The van der Waals surface area contributed by atoms with Gasteiger partial charge in [0, 0.05) is 39.2 Å². The molecular weight excluding hydrogens is 461 g/mol. The highest BCUT2D eigenvalue weighted by Crippen LogP contribution is 2.53. The first-order valence-electron chi connectivity index (χ1n) is 11.3. The average molecular weight is 488 g/mol. The first-order valence-corrected chi connectivity index (χ1v) is 12.1. The standard InChI is InChI=1S/C24H27Cl2N5O2/c1-32-14-13-31-22(24(9-10-24)17-5-3-2-4-6-17)28-29-23(31)30-11-7-19(8-12-30)33-21-20(26)15-18(25)16-27-21/h2-6,15-16,19H,7-14H2,1H3. The van der Waals surface area contributed by atoms with E-state index in [1.165, 1.54) is 5.56 Å². The second-order valence-corrected chi connectivity index (χ2v) is 9.50. The van der Waals surface area contributed by atoms with Crippen LogP contribution in [0, 0.1) is 0 Å². The molecule has 2 fully saturated rings. The van der Waals surface area contributed by atoms with E-state index in [2.05, 4.69) is 49.9 Å². The summed E-state index contributed by atoms with van der Waals surface area (Å²) in [6, 6.07) is 12.3. The average Bonchev–Trinajstić information content (AvgIpc) is 3.54. The fourth-order valence-electron chi connectivity index (χ4n) is 4.62. The van der Waals surface area contributed by atoms with Gasteiger partial charge in [0.05, 0.1) is 23.6 Å². The maximum absolute atomic E-state index is 6.23. The molecule has 0 N–H and O–H groups in total. The zero-order valence-electron chi connectivity index (χ0n) is 18.6. The summed E-state index contributed by atoms with van der Waals surface area (Å²) in [6.45, 7) is 2.98. The third-order valence-corrected chi connectivity index (χ3v) is 7.01. The molecule has 174 valence electrons. The van der Waals surface area contributed by atoms with Gasteiger partial charge in [-0.25, -0.2) is 4.98 Å². The predicted octanol–water partition coefficient (Wildman–Crippen LogP) is 4.75. The van der Waals surface area contributed by atoms with Crippen LogP contribution in [0.4, 0.5) is 5.95 Å². The van der Waals surface area contributed by atoms with Gasteiger partial charge < -0.3 is 14.4 Å². The molecule has 1 saturated heterocycles. The van der Waals surface area contributed by atoms with E-state index in [0.29, 0.717) is 22.5 Å². The fourth-order valence-corrected chi connectivity index (χ4v) is 5.04. The van der Waals surface area contributed by atoms with Gasteiger partial charge in [-0.1, -0.05) is 53.5 Å².